The number of thiazole rings is 1. The molecule has 170 valence electrons. The highest BCUT2D eigenvalue weighted by Gasteiger charge is 2.28. The van der Waals surface area contributed by atoms with Crippen LogP contribution in [0.2, 0.25) is 0 Å². The quantitative estimate of drug-likeness (QED) is 0.622. The second-order valence-corrected chi connectivity index (χ2v) is 9.70. The lowest BCUT2D eigenvalue weighted by Gasteiger charge is -2.32. The van der Waals surface area contributed by atoms with Crippen LogP contribution in [0.4, 0.5) is 10.8 Å². The molecule has 7 heteroatoms. The van der Waals surface area contributed by atoms with Crippen LogP contribution in [0.15, 0.2) is 53.9 Å². The smallest absolute Gasteiger partial charge is 0.253 e. The van der Waals surface area contributed by atoms with Crippen LogP contribution in [0.1, 0.15) is 40.0 Å². The first-order chi connectivity index (χ1) is 16.1. The lowest BCUT2D eigenvalue weighted by molar-refractivity contribution is -0.121. The molecule has 2 aliphatic heterocycles. The number of nitrogens with one attached hydrogen (secondary N) is 1. The fourth-order valence-corrected chi connectivity index (χ4v) is 5.37. The van der Waals surface area contributed by atoms with Crippen molar-refractivity contribution in [3.05, 3.63) is 76.3 Å². The zero-order chi connectivity index (χ0) is 22.8. The van der Waals surface area contributed by atoms with E-state index < -0.39 is 0 Å². The normalized spacial score (nSPS) is 16.4. The summed E-state index contributed by atoms with van der Waals surface area (Å²) in [5.41, 5.74) is 5.57. The van der Waals surface area contributed by atoms with E-state index in [-0.39, 0.29) is 17.7 Å². The van der Waals surface area contributed by atoms with Crippen molar-refractivity contribution < 1.29 is 9.59 Å². The van der Waals surface area contributed by atoms with Crippen LogP contribution >= 0.6 is 11.3 Å². The molecule has 3 heterocycles. The Bertz CT molecular complexity index is 1150. The van der Waals surface area contributed by atoms with Crippen molar-refractivity contribution in [1.82, 2.24) is 9.88 Å². The molecule has 0 unspecified atom stereocenters. The summed E-state index contributed by atoms with van der Waals surface area (Å²) < 4.78 is 0. The van der Waals surface area contributed by atoms with Gasteiger partial charge in [0.2, 0.25) is 5.91 Å². The summed E-state index contributed by atoms with van der Waals surface area (Å²) in [6.45, 7) is 4.99. The van der Waals surface area contributed by atoms with Crippen LogP contribution in [-0.4, -0.2) is 41.3 Å². The van der Waals surface area contributed by atoms with E-state index in [0.29, 0.717) is 36.6 Å². The van der Waals surface area contributed by atoms with Gasteiger partial charge >= 0.3 is 0 Å². The summed E-state index contributed by atoms with van der Waals surface area (Å²) in [6, 6.07) is 16.6. The van der Waals surface area contributed by atoms with Gasteiger partial charge in [0.25, 0.3) is 5.91 Å². The largest absolute Gasteiger partial charge is 0.367 e. The van der Waals surface area contributed by atoms with Crippen LogP contribution < -0.4 is 10.2 Å². The van der Waals surface area contributed by atoms with Crippen molar-refractivity contribution in [2.45, 2.75) is 32.7 Å². The first-order valence-corrected chi connectivity index (χ1v) is 12.4. The van der Waals surface area contributed by atoms with Crippen LogP contribution in [0.3, 0.4) is 0 Å². The number of carbonyl (C=O) groups is 2. The van der Waals surface area contributed by atoms with Gasteiger partial charge in [-0.3, -0.25) is 9.59 Å². The van der Waals surface area contributed by atoms with Gasteiger partial charge in [-0.05, 0) is 61.6 Å². The Balaban J connectivity index is 1.16. The number of benzene rings is 2. The van der Waals surface area contributed by atoms with E-state index in [0.717, 1.165) is 30.9 Å². The molecule has 33 heavy (non-hydrogen) atoms. The van der Waals surface area contributed by atoms with E-state index in [9.17, 15) is 9.59 Å². The van der Waals surface area contributed by atoms with Crippen molar-refractivity contribution in [2.24, 2.45) is 5.92 Å². The van der Waals surface area contributed by atoms with Crippen LogP contribution in [0, 0.1) is 12.8 Å². The van der Waals surface area contributed by atoms with E-state index in [1.165, 1.54) is 22.5 Å². The summed E-state index contributed by atoms with van der Waals surface area (Å²) in [7, 11) is 0. The standard InChI is InChI=1S/C26H28N4O2S/c1-18-17-33-26(27-18)28-24(31)20-11-13-29(14-12-20)25(32)21-6-8-23(9-7-21)30-15-10-19-4-2-3-5-22(19)16-30/h2-9,17,20H,10-16H2,1H3,(H,27,28,31). The molecule has 5 rings (SSSR count). The molecule has 0 aliphatic carbocycles. The fraction of sp³-hybridized carbons (Fsp3) is 0.346. The predicted molar refractivity (Wildman–Crippen MR) is 132 cm³/mol. The monoisotopic (exact) mass is 460 g/mol. The number of nitrogens with zero attached hydrogens (tertiary/aromatic N) is 3. The molecule has 2 aliphatic rings. The van der Waals surface area contributed by atoms with Gasteiger partial charge in [-0.2, -0.15) is 0 Å². The number of rotatable bonds is 4. The average Bonchev–Trinajstić information content (AvgIpc) is 3.27. The zero-order valence-electron chi connectivity index (χ0n) is 18.8. The fourth-order valence-electron chi connectivity index (χ4n) is 4.68. The maximum atomic E-state index is 13.0. The van der Waals surface area contributed by atoms with Crippen molar-refractivity contribution in [2.75, 3.05) is 29.9 Å². The topological polar surface area (TPSA) is 65.5 Å². The Hall–Kier alpha value is -3.19. The Labute approximate surface area is 198 Å². The molecular formula is C26H28N4O2S. The molecule has 0 atom stereocenters. The maximum Gasteiger partial charge on any atom is 0.253 e. The number of anilines is 2. The number of hydrogen-bond acceptors (Lipinski definition) is 5. The molecule has 1 aromatic heterocycles. The van der Waals surface area contributed by atoms with Gasteiger partial charge in [-0.15, -0.1) is 11.3 Å². The number of hydrogen-bond donors (Lipinski definition) is 1. The molecule has 0 spiro atoms. The first kappa shape index (κ1) is 21.6. The van der Waals surface area contributed by atoms with Gasteiger partial charge in [0, 0.05) is 48.7 Å². The second-order valence-electron chi connectivity index (χ2n) is 8.84. The molecule has 1 saturated heterocycles. The third kappa shape index (κ3) is 4.78. The average molecular weight is 461 g/mol. The molecule has 6 nitrogen and oxygen atoms in total. The first-order valence-electron chi connectivity index (χ1n) is 11.5. The van der Waals surface area contributed by atoms with Gasteiger partial charge in [0.05, 0.1) is 5.69 Å². The Morgan fingerprint density at radius 1 is 1.00 bits per heavy atom. The number of aromatic nitrogens is 1. The molecular weight excluding hydrogens is 432 g/mol. The number of amides is 2. The Morgan fingerprint density at radius 2 is 1.73 bits per heavy atom. The number of aryl methyl sites for hydroxylation is 1. The molecule has 2 aromatic carbocycles. The minimum Gasteiger partial charge on any atom is -0.367 e. The molecule has 0 bridgehead atoms. The SMILES string of the molecule is Cc1csc(NC(=O)C2CCN(C(=O)c3ccc(N4CCc5ccccc5C4)cc3)CC2)n1. The van der Waals surface area contributed by atoms with Gasteiger partial charge < -0.3 is 15.1 Å². The molecule has 0 saturated carbocycles. The van der Waals surface area contributed by atoms with E-state index >= 15 is 0 Å². The van der Waals surface area contributed by atoms with E-state index in [4.69, 9.17) is 0 Å². The van der Waals surface area contributed by atoms with Crippen LogP contribution in [0.25, 0.3) is 0 Å². The summed E-state index contributed by atoms with van der Waals surface area (Å²) in [4.78, 5) is 34.1. The summed E-state index contributed by atoms with van der Waals surface area (Å²) >= 11 is 1.44. The van der Waals surface area contributed by atoms with E-state index in [1.54, 1.807) is 0 Å². The number of likely N-dealkylation sites (tertiary alicyclic amines) is 1. The van der Waals surface area contributed by atoms with E-state index in [1.807, 2.05) is 29.3 Å². The van der Waals surface area contributed by atoms with Gasteiger partial charge in [-0.25, -0.2) is 4.98 Å². The zero-order valence-corrected chi connectivity index (χ0v) is 19.6. The number of carbonyl (C=O) groups excluding carboxylic acids is 2. The highest BCUT2D eigenvalue weighted by Crippen LogP contribution is 2.26. The second kappa shape index (κ2) is 9.35. The predicted octanol–water partition coefficient (Wildman–Crippen LogP) is 4.51. The van der Waals surface area contributed by atoms with Crippen molar-refractivity contribution in [3.8, 4) is 0 Å². The maximum absolute atomic E-state index is 13.0. The van der Waals surface area contributed by atoms with Gasteiger partial charge in [0.1, 0.15) is 0 Å². The van der Waals surface area contributed by atoms with Crippen LogP contribution in [-0.2, 0) is 17.8 Å². The van der Waals surface area contributed by atoms with Crippen molar-refractivity contribution >= 4 is 34.0 Å². The molecule has 1 N–H and O–H groups in total. The summed E-state index contributed by atoms with van der Waals surface area (Å²) in [5, 5.41) is 5.48. The molecule has 3 aromatic rings. The third-order valence-corrected chi connectivity index (χ3v) is 7.49. The van der Waals surface area contributed by atoms with Crippen molar-refractivity contribution in [1.29, 1.82) is 0 Å². The van der Waals surface area contributed by atoms with Gasteiger partial charge in [0.15, 0.2) is 5.13 Å². The number of fused-ring (bicyclic) bond motifs is 1. The van der Waals surface area contributed by atoms with E-state index in [2.05, 4.69) is 51.6 Å². The minimum absolute atomic E-state index is 0.00362. The minimum atomic E-state index is -0.0809. The lowest BCUT2D eigenvalue weighted by Crippen LogP contribution is -2.41. The molecule has 1 fully saturated rings. The molecule has 0 radical (unpaired) electrons. The Kier molecular flexibility index (Phi) is 6.13. The highest BCUT2D eigenvalue weighted by atomic mass is 32.1. The van der Waals surface area contributed by atoms with Crippen molar-refractivity contribution in [3.63, 3.8) is 0 Å². The number of piperidine rings is 1. The Morgan fingerprint density at radius 3 is 2.42 bits per heavy atom. The third-order valence-electron chi connectivity index (χ3n) is 6.61. The van der Waals surface area contributed by atoms with Gasteiger partial charge in [-0.1, -0.05) is 24.3 Å². The lowest BCUT2D eigenvalue weighted by atomic mass is 9.95. The van der Waals surface area contributed by atoms with Crippen LogP contribution in [0.5, 0.6) is 0 Å². The highest BCUT2D eigenvalue weighted by molar-refractivity contribution is 7.13. The molecule has 2 amide bonds. The summed E-state index contributed by atoms with van der Waals surface area (Å²) in [5.74, 6) is -0.0357. The summed E-state index contributed by atoms with van der Waals surface area (Å²) in [6.07, 6.45) is 2.39.